The summed E-state index contributed by atoms with van der Waals surface area (Å²) in [6.45, 7) is 0.176. The van der Waals surface area contributed by atoms with Crippen LogP contribution in [-0.2, 0) is 6.61 Å². The van der Waals surface area contributed by atoms with Gasteiger partial charge in [0.2, 0.25) is 0 Å². The van der Waals surface area contributed by atoms with E-state index in [4.69, 9.17) is 9.47 Å². The van der Waals surface area contributed by atoms with Crippen molar-refractivity contribution in [3.05, 3.63) is 77.7 Å². The summed E-state index contributed by atoms with van der Waals surface area (Å²) in [4.78, 5) is 19.8. The molecule has 0 unspecified atom stereocenters. The maximum absolute atomic E-state index is 13.9. The maximum atomic E-state index is 13.9. The summed E-state index contributed by atoms with van der Waals surface area (Å²) in [6.07, 6.45) is 0.953. The molecule has 1 amide bonds. The van der Waals surface area contributed by atoms with E-state index in [0.717, 1.165) is 11.8 Å². The van der Waals surface area contributed by atoms with Gasteiger partial charge >= 0.3 is 6.01 Å². The molecule has 0 spiro atoms. The first-order valence-corrected chi connectivity index (χ1v) is 7.80. The second-order valence-corrected chi connectivity index (χ2v) is 5.31. The molecule has 7 heteroatoms. The minimum atomic E-state index is -0.747. The molecule has 0 bridgehead atoms. The van der Waals surface area contributed by atoms with Crippen LogP contribution in [0.3, 0.4) is 0 Å². The van der Waals surface area contributed by atoms with Crippen LogP contribution in [0.4, 0.5) is 10.2 Å². The standard InChI is InChI=1S/C19H16FN3O3/c1-25-15-9-5-6-13(10-15)12-26-19-21-11-16(20)17(23-19)22-18(24)14-7-3-2-4-8-14/h2-11H,12H2,1H3,(H,21,22,23,24). The Balaban J connectivity index is 1.70. The molecule has 0 aliphatic carbocycles. The smallest absolute Gasteiger partial charge is 0.318 e. The number of benzene rings is 2. The quantitative estimate of drug-likeness (QED) is 0.735. The van der Waals surface area contributed by atoms with E-state index in [1.165, 1.54) is 0 Å². The average molecular weight is 353 g/mol. The molecular weight excluding hydrogens is 337 g/mol. The summed E-state index contributed by atoms with van der Waals surface area (Å²) >= 11 is 0. The summed E-state index contributed by atoms with van der Waals surface area (Å²) in [5.74, 6) is -0.763. The van der Waals surface area contributed by atoms with Crippen LogP contribution in [0.2, 0.25) is 0 Å². The molecule has 0 radical (unpaired) electrons. The number of hydrogen-bond acceptors (Lipinski definition) is 5. The molecule has 3 aromatic rings. The van der Waals surface area contributed by atoms with Crippen molar-refractivity contribution in [3.8, 4) is 11.8 Å². The molecule has 0 saturated heterocycles. The number of carbonyl (C=O) groups is 1. The third kappa shape index (κ3) is 4.32. The van der Waals surface area contributed by atoms with Crippen molar-refractivity contribution < 1.29 is 18.7 Å². The molecule has 3 rings (SSSR count). The zero-order valence-electron chi connectivity index (χ0n) is 14.0. The first-order chi connectivity index (χ1) is 12.7. The number of nitrogens with zero attached hydrogens (tertiary/aromatic N) is 2. The molecule has 26 heavy (non-hydrogen) atoms. The highest BCUT2D eigenvalue weighted by Gasteiger charge is 2.13. The van der Waals surface area contributed by atoms with E-state index in [9.17, 15) is 9.18 Å². The van der Waals surface area contributed by atoms with Gasteiger partial charge in [-0.15, -0.1) is 0 Å². The van der Waals surface area contributed by atoms with Gasteiger partial charge in [-0.05, 0) is 29.8 Å². The molecule has 132 valence electrons. The van der Waals surface area contributed by atoms with Gasteiger partial charge in [-0.2, -0.15) is 4.98 Å². The number of carbonyl (C=O) groups excluding carboxylic acids is 1. The van der Waals surface area contributed by atoms with Gasteiger partial charge in [0, 0.05) is 5.56 Å². The Kier molecular flexibility index (Phi) is 5.38. The van der Waals surface area contributed by atoms with Crippen molar-refractivity contribution in [1.82, 2.24) is 9.97 Å². The Morgan fingerprint density at radius 3 is 2.73 bits per heavy atom. The van der Waals surface area contributed by atoms with Crippen LogP contribution in [0.5, 0.6) is 11.8 Å². The Bertz CT molecular complexity index is 904. The molecule has 0 fully saturated rings. The normalized spacial score (nSPS) is 10.2. The van der Waals surface area contributed by atoms with Crippen LogP contribution in [0.15, 0.2) is 60.8 Å². The summed E-state index contributed by atoms with van der Waals surface area (Å²) in [7, 11) is 1.57. The minimum absolute atomic E-state index is 0.0439. The first kappa shape index (κ1) is 17.3. The highest BCUT2D eigenvalue weighted by molar-refractivity contribution is 6.03. The number of halogens is 1. The molecule has 1 heterocycles. The maximum Gasteiger partial charge on any atom is 0.318 e. The van der Waals surface area contributed by atoms with Crippen molar-refractivity contribution in [1.29, 1.82) is 0 Å². The Morgan fingerprint density at radius 2 is 1.96 bits per heavy atom. The number of rotatable bonds is 6. The average Bonchev–Trinajstić information content (AvgIpc) is 2.69. The van der Waals surface area contributed by atoms with Gasteiger partial charge in [0.05, 0.1) is 13.3 Å². The molecule has 0 aliphatic rings. The van der Waals surface area contributed by atoms with Crippen LogP contribution in [0, 0.1) is 5.82 Å². The van der Waals surface area contributed by atoms with Crippen molar-refractivity contribution in [3.63, 3.8) is 0 Å². The van der Waals surface area contributed by atoms with E-state index < -0.39 is 11.7 Å². The largest absolute Gasteiger partial charge is 0.497 e. The van der Waals surface area contributed by atoms with Crippen molar-refractivity contribution >= 4 is 11.7 Å². The fourth-order valence-electron chi connectivity index (χ4n) is 2.19. The first-order valence-electron chi connectivity index (χ1n) is 7.80. The van der Waals surface area contributed by atoms with Gasteiger partial charge in [0.1, 0.15) is 12.4 Å². The van der Waals surface area contributed by atoms with E-state index in [-0.39, 0.29) is 18.4 Å². The fraction of sp³-hybridized carbons (Fsp3) is 0.105. The molecule has 1 N–H and O–H groups in total. The summed E-state index contributed by atoms with van der Waals surface area (Å²) in [6, 6.07) is 15.7. The van der Waals surface area contributed by atoms with E-state index in [0.29, 0.717) is 11.3 Å². The topological polar surface area (TPSA) is 73.3 Å². The molecule has 0 saturated carbocycles. The predicted octanol–water partition coefficient (Wildman–Crippen LogP) is 3.46. The highest BCUT2D eigenvalue weighted by atomic mass is 19.1. The van der Waals surface area contributed by atoms with Gasteiger partial charge in [0.25, 0.3) is 5.91 Å². The van der Waals surface area contributed by atoms with Crippen LogP contribution in [-0.4, -0.2) is 23.0 Å². The lowest BCUT2D eigenvalue weighted by atomic mass is 10.2. The number of nitrogens with one attached hydrogen (secondary N) is 1. The number of amides is 1. The van der Waals surface area contributed by atoms with Gasteiger partial charge in [-0.25, -0.2) is 9.37 Å². The monoisotopic (exact) mass is 353 g/mol. The van der Waals surface area contributed by atoms with Crippen LogP contribution in [0.25, 0.3) is 0 Å². The van der Waals surface area contributed by atoms with Gasteiger partial charge in [-0.1, -0.05) is 30.3 Å². The highest BCUT2D eigenvalue weighted by Crippen LogP contribution is 2.17. The third-order valence-corrected chi connectivity index (χ3v) is 3.49. The zero-order valence-corrected chi connectivity index (χ0v) is 14.0. The minimum Gasteiger partial charge on any atom is -0.497 e. The van der Waals surface area contributed by atoms with Crippen LogP contribution in [0.1, 0.15) is 15.9 Å². The Morgan fingerprint density at radius 1 is 1.15 bits per heavy atom. The van der Waals surface area contributed by atoms with Crippen LogP contribution >= 0.6 is 0 Å². The van der Waals surface area contributed by atoms with E-state index >= 15 is 0 Å². The Labute approximate surface area is 149 Å². The number of hydrogen-bond donors (Lipinski definition) is 1. The summed E-state index contributed by atoms with van der Waals surface area (Å²) in [5, 5.41) is 2.42. The predicted molar refractivity (Wildman–Crippen MR) is 93.7 cm³/mol. The zero-order chi connectivity index (χ0) is 18.4. The third-order valence-electron chi connectivity index (χ3n) is 3.49. The molecule has 2 aromatic carbocycles. The summed E-state index contributed by atoms with van der Waals surface area (Å²) in [5.41, 5.74) is 1.23. The van der Waals surface area contributed by atoms with Gasteiger partial charge in [-0.3, -0.25) is 4.79 Å². The molecule has 0 aliphatic heterocycles. The number of anilines is 1. The van der Waals surface area contributed by atoms with E-state index in [1.54, 1.807) is 37.4 Å². The van der Waals surface area contributed by atoms with Gasteiger partial charge in [0.15, 0.2) is 11.6 Å². The lowest BCUT2D eigenvalue weighted by Crippen LogP contribution is -2.15. The second-order valence-electron chi connectivity index (χ2n) is 5.31. The molecular formula is C19H16FN3O3. The van der Waals surface area contributed by atoms with Gasteiger partial charge < -0.3 is 14.8 Å². The molecule has 1 aromatic heterocycles. The van der Waals surface area contributed by atoms with Crippen molar-refractivity contribution in [2.45, 2.75) is 6.61 Å². The fourth-order valence-corrected chi connectivity index (χ4v) is 2.19. The lowest BCUT2D eigenvalue weighted by Gasteiger charge is -2.09. The Hall–Kier alpha value is -3.48. The van der Waals surface area contributed by atoms with E-state index in [1.807, 2.05) is 24.3 Å². The summed E-state index contributed by atoms with van der Waals surface area (Å²) < 4.78 is 24.5. The lowest BCUT2D eigenvalue weighted by molar-refractivity contribution is 0.102. The van der Waals surface area contributed by atoms with Crippen molar-refractivity contribution in [2.24, 2.45) is 0 Å². The molecule has 0 atom stereocenters. The van der Waals surface area contributed by atoms with E-state index in [2.05, 4.69) is 15.3 Å². The SMILES string of the molecule is COc1cccc(COc2ncc(F)c(NC(=O)c3ccccc3)n2)c1. The number of ether oxygens (including phenoxy) is 2. The number of aromatic nitrogens is 2. The molecule has 6 nitrogen and oxygen atoms in total. The van der Waals surface area contributed by atoms with Crippen molar-refractivity contribution in [2.75, 3.05) is 12.4 Å². The number of methoxy groups -OCH3 is 1. The van der Waals surface area contributed by atoms with Crippen LogP contribution < -0.4 is 14.8 Å². The second kappa shape index (κ2) is 8.06.